The van der Waals surface area contributed by atoms with Gasteiger partial charge < -0.3 is 0 Å². The van der Waals surface area contributed by atoms with Gasteiger partial charge in [-0.05, 0) is 18.6 Å². The SMILES string of the molecule is CCCSC1=NN2C(=c3ccccc3=N[C@@H]2c2ccccc2F)C(=O)N1. The number of nitrogens with one attached hydrogen (secondary N) is 1. The lowest BCUT2D eigenvalue weighted by molar-refractivity contribution is -0.116. The third-order valence-corrected chi connectivity index (χ3v) is 5.21. The standard InChI is InChI=1S/C19H17FN4OS/c1-2-11-26-19-22-18(25)16-13-8-4-6-10-15(13)21-17(24(16)23-19)12-7-3-5-9-14(12)20/h3-10,17H,2,11H2,1H3,(H,22,23,25)/t17-/m0/s1. The minimum atomic E-state index is -0.718. The van der Waals surface area contributed by atoms with E-state index in [1.165, 1.54) is 22.8 Å². The van der Waals surface area contributed by atoms with Crippen LogP contribution in [0.4, 0.5) is 4.39 Å². The van der Waals surface area contributed by atoms with Crippen LogP contribution in [0.1, 0.15) is 25.1 Å². The average molecular weight is 368 g/mol. The second-order valence-corrected chi connectivity index (χ2v) is 7.03. The van der Waals surface area contributed by atoms with E-state index in [0.29, 0.717) is 27.0 Å². The molecule has 0 saturated carbocycles. The molecule has 2 aliphatic heterocycles. The van der Waals surface area contributed by atoms with Crippen molar-refractivity contribution in [3.05, 3.63) is 70.5 Å². The molecule has 0 bridgehead atoms. The summed E-state index contributed by atoms with van der Waals surface area (Å²) in [6.45, 7) is 2.06. The summed E-state index contributed by atoms with van der Waals surface area (Å²) in [5.41, 5.74) is 0.780. The van der Waals surface area contributed by atoms with Crippen LogP contribution in [-0.2, 0) is 4.79 Å². The van der Waals surface area contributed by atoms with Crippen molar-refractivity contribution in [1.29, 1.82) is 0 Å². The number of fused-ring (bicyclic) bond motifs is 2. The maximum absolute atomic E-state index is 14.5. The number of rotatable bonds is 3. The summed E-state index contributed by atoms with van der Waals surface area (Å²) in [7, 11) is 0. The first-order valence-corrected chi connectivity index (χ1v) is 9.41. The quantitative estimate of drug-likeness (QED) is 0.903. The van der Waals surface area contributed by atoms with Crippen molar-refractivity contribution in [2.45, 2.75) is 19.5 Å². The molecule has 2 aliphatic rings. The van der Waals surface area contributed by atoms with Crippen molar-refractivity contribution in [3.8, 4) is 0 Å². The molecule has 0 aromatic heterocycles. The van der Waals surface area contributed by atoms with Crippen LogP contribution in [-0.4, -0.2) is 21.8 Å². The van der Waals surface area contributed by atoms with Crippen molar-refractivity contribution >= 4 is 28.5 Å². The summed E-state index contributed by atoms with van der Waals surface area (Å²) in [6.07, 6.45) is 0.240. The zero-order chi connectivity index (χ0) is 18.1. The Balaban J connectivity index is 1.92. The fourth-order valence-electron chi connectivity index (χ4n) is 2.98. The van der Waals surface area contributed by atoms with Gasteiger partial charge in [-0.2, -0.15) is 0 Å². The Kier molecular flexibility index (Phi) is 4.46. The maximum Gasteiger partial charge on any atom is 0.276 e. The van der Waals surface area contributed by atoms with E-state index in [9.17, 15) is 9.18 Å². The lowest BCUT2D eigenvalue weighted by Gasteiger charge is -2.34. The van der Waals surface area contributed by atoms with Gasteiger partial charge in [-0.25, -0.2) is 9.40 Å². The van der Waals surface area contributed by atoms with Gasteiger partial charge in [0.1, 0.15) is 11.5 Å². The molecule has 2 aromatic carbocycles. The highest BCUT2D eigenvalue weighted by atomic mass is 32.2. The highest BCUT2D eigenvalue weighted by molar-refractivity contribution is 8.13. The maximum atomic E-state index is 14.5. The molecule has 132 valence electrons. The third kappa shape index (κ3) is 2.88. The summed E-state index contributed by atoms with van der Waals surface area (Å²) >= 11 is 1.47. The van der Waals surface area contributed by atoms with E-state index in [2.05, 4.69) is 22.3 Å². The minimum Gasteiger partial charge on any atom is -0.298 e. The zero-order valence-corrected chi connectivity index (χ0v) is 15.0. The molecule has 26 heavy (non-hydrogen) atoms. The van der Waals surface area contributed by atoms with E-state index in [1.54, 1.807) is 18.2 Å². The molecule has 0 radical (unpaired) electrons. The molecule has 0 spiro atoms. The number of benzene rings is 2. The van der Waals surface area contributed by atoms with Crippen LogP contribution in [0.3, 0.4) is 0 Å². The molecule has 0 unspecified atom stereocenters. The fraction of sp³-hybridized carbons (Fsp3) is 0.211. The van der Waals surface area contributed by atoms with E-state index in [0.717, 1.165) is 12.2 Å². The molecule has 0 saturated heterocycles. The average Bonchev–Trinajstić information content (AvgIpc) is 2.66. The third-order valence-electron chi connectivity index (χ3n) is 4.14. The summed E-state index contributed by atoms with van der Waals surface area (Å²) in [6, 6.07) is 13.8. The number of halogens is 1. The number of hydrazone groups is 1. The van der Waals surface area contributed by atoms with Crippen molar-refractivity contribution < 1.29 is 9.18 Å². The number of hydrogen-bond donors (Lipinski definition) is 1. The van der Waals surface area contributed by atoms with E-state index < -0.39 is 6.17 Å². The van der Waals surface area contributed by atoms with E-state index in [4.69, 9.17) is 0 Å². The number of amides is 1. The summed E-state index contributed by atoms with van der Waals surface area (Å²) in [4.78, 5) is 17.5. The Bertz CT molecular complexity index is 1020. The van der Waals surface area contributed by atoms with Gasteiger partial charge in [0, 0.05) is 16.5 Å². The first-order valence-electron chi connectivity index (χ1n) is 8.42. The van der Waals surface area contributed by atoms with Crippen molar-refractivity contribution in [2.24, 2.45) is 10.1 Å². The number of thioether (sulfide) groups is 1. The normalized spacial score (nSPS) is 18.5. The van der Waals surface area contributed by atoms with Crippen LogP contribution in [0, 0.1) is 5.82 Å². The van der Waals surface area contributed by atoms with Crippen molar-refractivity contribution in [2.75, 3.05) is 5.75 Å². The molecule has 5 nitrogen and oxygen atoms in total. The molecular weight excluding hydrogens is 351 g/mol. The largest absolute Gasteiger partial charge is 0.298 e. The first-order chi connectivity index (χ1) is 12.7. The molecule has 0 aliphatic carbocycles. The van der Waals surface area contributed by atoms with E-state index in [-0.39, 0.29) is 11.7 Å². The molecule has 2 aromatic rings. The van der Waals surface area contributed by atoms with Crippen molar-refractivity contribution in [1.82, 2.24) is 10.3 Å². The van der Waals surface area contributed by atoms with Gasteiger partial charge in [0.2, 0.25) is 0 Å². The molecule has 0 fully saturated rings. The van der Waals surface area contributed by atoms with Gasteiger partial charge >= 0.3 is 0 Å². The van der Waals surface area contributed by atoms with Gasteiger partial charge in [-0.1, -0.05) is 55.1 Å². The lowest BCUT2D eigenvalue weighted by Crippen LogP contribution is -2.50. The summed E-state index contributed by atoms with van der Waals surface area (Å²) in [5, 5.41) is 10.8. The van der Waals surface area contributed by atoms with Crippen LogP contribution in [0.5, 0.6) is 0 Å². The monoisotopic (exact) mass is 368 g/mol. The molecule has 1 atom stereocenters. The van der Waals surface area contributed by atoms with Crippen molar-refractivity contribution in [3.63, 3.8) is 0 Å². The number of nitrogens with zero attached hydrogens (tertiary/aromatic N) is 3. The number of hydrogen-bond acceptors (Lipinski definition) is 5. The summed E-state index contributed by atoms with van der Waals surface area (Å²) in [5.74, 6) is 0.214. The van der Waals surface area contributed by atoms with Gasteiger partial charge in [-0.3, -0.25) is 15.1 Å². The Morgan fingerprint density at radius 2 is 1.96 bits per heavy atom. The Morgan fingerprint density at radius 1 is 1.19 bits per heavy atom. The van der Waals surface area contributed by atoms with Gasteiger partial charge in [-0.15, -0.1) is 5.10 Å². The topological polar surface area (TPSA) is 57.1 Å². The van der Waals surface area contributed by atoms with E-state index in [1.807, 2.05) is 24.3 Å². The molecule has 1 N–H and O–H groups in total. The zero-order valence-electron chi connectivity index (χ0n) is 14.1. The Labute approximate surface area is 154 Å². The molecular formula is C19H17FN4OS. The molecule has 2 heterocycles. The van der Waals surface area contributed by atoms with Gasteiger partial charge in [0.15, 0.2) is 11.3 Å². The van der Waals surface area contributed by atoms with Crippen LogP contribution in [0.25, 0.3) is 5.70 Å². The molecule has 4 rings (SSSR count). The fourth-order valence-corrected chi connectivity index (χ4v) is 3.69. The summed E-state index contributed by atoms with van der Waals surface area (Å²) < 4.78 is 14.5. The molecule has 1 amide bonds. The van der Waals surface area contributed by atoms with Crippen LogP contribution in [0.15, 0.2) is 58.6 Å². The van der Waals surface area contributed by atoms with Crippen LogP contribution >= 0.6 is 11.8 Å². The first kappa shape index (κ1) is 16.8. The van der Waals surface area contributed by atoms with Crippen LogP contribution < -0.4 is 15.9 Å². The van der Waals surface area contributed by atoms with E-state index >= 15 is 0 Å². The molecule has 7 heteroatoms. The highest BCUT2D eigenvalue weighted by Gasteiger charge is 2.35. The minimum absolute atomic E-state index is 0.248. The second kappa shape index (κ2) is 6.92. The Morgan fingerprint density at radius 3 is 2.77 bits per heavy atom. The lowest BCUT2D eigenvalue weighted by atomic mass is 10.1. The number of carbonyl (C=O) groups is 1. The number of para-hydroxylation sites is 1. The predicted octanol–water partition coefficient (Wildman–Crippen LogP) is 2.11. The smallest absolute Gasteiger partial charge is 0.276 e. The second-order valence-electron chi connectivity index (χ2n) is 5.94. The predicted molar refractivity (Wildman–Crippen MR) is 99.9 cm³/mol. The van der Waals surface area contributed by atoms with Gasteiger partial charge in [0.05, 0.1) is 5.36 Å². The highest BCUT2D eigenvalue weighted by Crippen LogP contribution is 2.31. The Hall–Kier alpha value is -2.67. The van der Waals surface area contributed by atoms with Crippen LogP contribution in [0.2, 0.25) is 0 Å². The van der Waals surface area contributed by atoms with Gasteiger partial charge in [0.25, 0.3) is 5.91 Å². The number of carbonyl (C=O) groups excluding carboxylic acids is 1. The number of amidine groups is 1.